The number of fused-ring (bicyclic) bond motifs is 10. The Balaban J connectivity index is 1.05. The summed E-state index contributed by atoms with van der Waals surface area (Å²) in [5, 5.41) is 8.60. The third kappa shape index (κ3) is 5.40. The molecule has 0 radical (unpaired) electrons. The van der Waals surface area contributed by atoms with Crippen molar-refractivity contribution in [3.05, 3.63) is 211 Å². The zero-order valence-electron chi connectivity index (χ0n) is 33.8. The lowest BCUT2D eigenvalue weighted by Gasteiger charge is -2.15. The van der Waals surface area contributed by atoms with Gasteiger partial charge in [-0.05, 0) is 111 Å². The van der Waals surface area contributed by atoms with Gasteiger partial charge in [-0.1, -0.05) is 152 Å². The first-order valence-electron chi connectivity index (χ1n) is 21.5. The van der Waals surface area contributed by atoms with E-state index in [4.69, 9.17) is 9.97 Å². The largest absolute Gasteiger partial charge is 0.313 e. The molecule has 3 heterocycles. The van der Waals surface area contributed by atoms with Gasteiger partial charge in [0.1, 0.15) is 5.69 Å². The fourth-order valence-corrected chi connectivity index (χ4v) is 10.0. The zero-order valence-corrected chi connectivity index (χ0v) is 33.8. The average molecular weight is 791 g/mol. The number of hydrogen-bond acceptors (Lipinski definition) is 2. The number of para-hydroxylation sites is 2. The fraction of sp³-hybridized carbons (Fsp3) is 0.0345. The molecule has 0 spiro atoms. The predicted octanol–water partition coefficient (Wildman–Crippen LogP) is 14.9. The van der Waals surface area contributed by atoms with Crippen LogP contribution in [0.2, 0.25) is 0 Å². The molecule has 0 unspecified atom stereocenters. The van der Waals surface area contributed by atoms with E-state index in [1.54, 1.807) is 0 Å². The van der Waals surface area contributed by atoms with Crippen molar-refractivity contribution in [1.82, 2.24) is 19.1 Å². The molecule has 1 aliphatic carbocycles. The number of rotatable bonds is 5. The second kappa shape index (κ2) is 13.7. The number of nitrogens with zero attached hydrogens (tertiary/aromatic N) is 4. The van der Waals surface area contributed by atoms with Crippen LogP contribution in [0, 0.1) is 0 Å². The molecule has 4 nitrogen and oxygen atoms in total. The third-order valence-electron chi connectivity index (χ3n) is 12.9. The molecule has 9 aromatic carbocycles. The topological polar surface area (TPSA) is 35.6 Å². The highest BCUT2D eigenvalue weighted by atomic mass is 15.1. The van der Waals surface area contributed by atoms with Crippen molar-refractivity contribution in [2.45, 2.75) is 12.8 Å². The summed E-state index contributed by atoms with van der Waals surface area (Å²) in [4.78, 5) is 10.9. The van der Waals surface area contributed by atoms with Crippen molar-refractivity contribution in [3.63, 3.8) is 0 Å². The van der Waals surface area contributed by atoms with Crippen molar-refractivity contribution in [1.29, 1.82) is 0 Å². The minimum atomic E-state index is 0.810. The maximum atomic E-state index is 5.47. The van der Waals surface area contributed by atoms with Gasteiger partial charge in [0, 0.05) is 38.7 Å². The van der Waals surface area contributed by atoms with Crippen LogP contribution in [0.25, 0.3) is 116 Å². The zero-order chi connectivity index (χ0) is 40.7. The Hall–Kier alpha value is -8.08. The van der Waals surface area contributed by atoms with Crippen molar-refractivity contribution in [2.24, 2.45) is 0 Å². The monoisotopic (exact) mass is 790 g/mol. The Labute approximate surface area is 358 Å². The van der Waals surface area contributed by atoms with E-state index in [2.05, 4.69) is 203 Å². The van der Waals surface area contributed by atoms with Gasteiger partial charge in [-0.25, -0.2) is 9.97 Å². The first-order valence-corrected chi connectivity index (χ1v) is 21.5. The summed E-state index contributed by atoms with van der Waals surface area (Å²) in [6, 6.07) is 70.2. The van der Waals surface area contributed by atoms with Crippen LogP contribution in [0.4, 0.5) is 0 Å². The molecule has 0 amide bonds. The van der Waals surface area contributed by atoms with Gasteiger partial charge in [0.25, 0.3) is 0 Å². The highest BCUT2D eigenvalue weighted by Gasteiger charge is 2.23. The van der Waals surface area contributed by atoms with Gasteiger partial charge in [-0.15, -0.1) is 0 Å². The van der Waals surface area contributed by atoms with E-state index < -0.39 is 0 Å². The predicted molar refractivity (Wildman–Crippen MR) is 259 cm³/mol. The van der Waals surface area contributed by atoms with Gasteiger partial charge >= 0.3 is 0 Å². The van der Waals surface area contributed by atoms with Crippen molar-refractivity contribution < 1.29 is 0 Å². The summed E-state index contributed by atoms with van der Waals surface area (Å²) in [6.45, 7) is 0. The summed E-state index contributed by atoms with van der Waals surface area (Å²) < 4.78 is 4.86. The molecule has 1 aliphatic rings. The molecule has 290 valence electrons. The molecule has 13 rings (SSSR count). The number of aromatic nitrogens is 4. The summed E-state index contributed by atoms with van der Waals surface area (Å²) in [5.74, 6) is 0.810. The van der Waals surface area contributed by atoms with E-state index in [0.717, 1.165) is 57.5 Å². The number of hydrogen-bond donors (Lipinski definition) is 0. The highest BCUT2D eigenvalue weighted by molar-refractivity contribution is 6.22. The Kier molecular flexibility index (Phi) is 7.70. The Morgan fingerprint density at radius 3 is 2.00 bits per heavy atom. The molecule has 3 aromatic heterocycles. The van der Waals surface area contributed by atoms with Gasteiger partial charge in [-0.2, -0.15) is 0 Å². The first kappa shape index (κ1) is 34.8. The summed E-state index contributed by atoms with van der Waals surface area (Å²) in [5.41, 5.74) is 15.6. The van der Waals surface area contributed by atoms with E-state index in [-0.39, 0.29) is 0 Å². The van der Waals surface area contributed by atoms with Crippen molar-refractivity contribution in [2.75, 3.05) is 0 Å². The van der Waals surface area contributed by atoms with E-state index in [1.807, 2.05) is 12.1 Å². The maximum absolute atomic E-state index is 5.47. The minimum Gasteiger partial charge on any atom is -0.313 e. The summed E-state index contributed by atoms with van der Waals surface area (Å²) >= 11 is 0. The molecule has 0 saturated heterocycles. The molecule has 0 fully saturated rings. The molecular formula is C58H38N4. The lowest BCUT2D eigenvalue weighted by atomic mass is 9.98. The van der Waals surface area contributed by atoms with Gasteiger partial charge in [0.05, 0.1) is 27.6 Å². The minimum absolute atomic E-state index is 0.810. The quantitative estimate of drug-likeness (QED) is 0.174. The van der Waals surface area contributed by atoms with Crippen molar-refractivity contribution >= 4 is 71.4 Å². The van der Waals surface area contributed by atoms with Gasteiger partial charge in [-0.3, -0.25) is 4.57 Å². The van der Waals surface area contributed by atoms with Crippen LogP contribution < -0.4 is 0 Å². The Morgan fingerprint density at radius 2 is 1.10 bits per heavy atom. The molecule has 12 aromatic rings. The van der Waals surface area contributed by atoms with Gasteiger partial charge in [0.15, 0.2) is 5.82 Å². The molecule has 4 heteroatoms. The average Bonchev–Trinajstić information content (AvgIpc) is 3.86. The summed E-state index contributed by atoms with van der Waals surface area (Å²) in [7, 11) is 0. The Morgan fingerprint density at radius 1 is 0.403 bits per heavy atom. The van der Waals surface area contributed by atoms with E-state index in [1.165, 1.54) is 76.9 Å². The fourth-order valence-electron chi connectivity index (χ4n) is 10.0. The van der Waals surface area contributed by atoms with Gasteiger partial charge in [0.2, 0.25) is 0 Å². The highest BCUT2D eigenvalue weighted by Crippen LogP contribution is 2.42. The molecule has 0 N–H and O–H groups in total. The molecule has 62 heavy (non-hydrogen) atoms. The van der Waals surface area contributed by atoms with E-state index in [0.29, 0.717) is 0 Å². The van der Waals surface area contributed by atoms with Crippen LogP contribution in [0.5, 0.6) is 0 Å². The molecule has 0 atom stereocenters. The second-order valence-corrected chi connectivity index (χ2v) is 16.5. The number of allylic oxidation sites excluding steroid dienone is 1. The lowest BCUT2D eigenvalue weighted by Crippen LogP contribution is -2.03. The SMILES string of the molecule is C1=Cc2c(n(-c3ccc4ccccc4c3)c3cc(-c4ccc5c(c4)c4c6ccccc6ccc4n5-c4nc5ccccc5nc4-c4cccc(-c5ccccc5)c4)ccc23)CC1. The van der Waals surface area contributed by atoms with Crippen LogP contribution in [-0.4, -0.2) is 19.1 Å². The van der Waals surface area contributed by atoms with Crippen LogP contribution >= 0.6 is 0 Å². The maximum Gasteiger partial charge on any atom is 0.165 e. The molecule has 0 aliphatic heterocycles. The van der Waals surface area contributed by atoms with Crippen LogP contribution in [0.15, 0.2) is 200 Å². The van der Waals surface area contributed by atoms with Crippen LogP contribution in [-0.2, 0) is 6.42 Å². The summed E-state index contributed by atoms with van der Waals surface area (Å²) in [6.07, 6.45) is 6.70. The van der Waals surface area contributed by atoms with Gasteiger partial charge < -0.3 is 4.57 Å². The van der Waals surface area contributed by atoms with Crippen LogP contribution in [0.1, 0.15) is 17.7 Å². The van der Waals surface area contributed by atoms with E-state index in [9.17, 15) is 0 Å². The second-order valence-electron chi connectivity index (χ2n) is 16.5. The smallest absolute Gasteiger partial charge is 0.165 e. The normalized spacial score (nSPS) is 12.6. The first-order chi connectivity index (χ1) is 30.7. The van der Waals surface area contributed by atoms with E-state index >= 15 is 0 Å². The molecule has 0 bridgehead atoms. The Bertz CT molecular complexity index is 3810. The standard InChI is InChI=1S/C58H38N4/c1-2-13-37(14-3-1)40-18-12-19-44(33-40)57-58(60-51-23-10-9-22-50(51)59-57)62-53-31-28-42(35-49(53)56-46-20-7-6-16-39(46)27-32-54(56)62)43-26-30-48-47-21-8-11-24-52(47)61(55(48)36-43)45-29-25-38-15-4-5-17-41(38)34-45/h1-10,12-23,25-36H,11,24H2. The van der Waals surface area contributed by atoms with Crippen molar-refractivity contribution in [3.8, 4) is 45.0 Å². The molecular weight excluding hydrogens is 753 g/mol. The number of benzene rings is 9. The molecule has 0 saturated carbocycles. The van der Waals surface area contributed by atoms with Crippen LogP contribution in [0.3, 0.4) is 0 Å². The lowest BCUT2D eigenvalue weighted by molar-refractivity contribution is 0.889. The third-order valence-corrected chi connectivity index (χ3v) is 12.9.